The number of carboxylic acid groups (broad SMARTS) is 1. The van der Waals surface area contributed by atoms with Crippen molar-refractivity contribution in [2.75, 3.05) is 25.1 Å². The molecule has 1 aliphatic carbocycles. The molecule has 15 heteroatoms. The van der Waals surface area contributed by atoms with Crippen molar-refractivity contribution in [3.8, 4) is 0 Å². The summed E-state index contributed by atoms with van der Waals surface area (Å²) in [6.45, 7) is 3.27. The Bertz CT molecular complexity index is 912. The van der Waals surface area contributed by atoms with Gasteiger partial charge in [-0.05, 0) is 75.3 Å². The van der Waals surface area contributed by atoms with E-state index in [2.05, 4.69) is 16.0 Å². The lowest BCUT2D eigenvalue weighted by Crippen LogP contribution is -2.67. The number of thioether (sulfide) groups is 2. The molecule has 4 aliphatic rings. The number of carbonyl (C=O) groups excluding carboxylic acids is 1. The molecule has 11 atom stereocenters. The number of halogens is 3. The molecule has 0 aromatic carbocycles. The van der Waals surface area contributed by atoms with E-state index >= 15 is 0 Å². The maximum atomic E-state index is 12.9. The Kier molecular flexibility index (Phi) is 16.9. The lowest BCUT2D eigenvalue weighted by Gasteiger charge is -2.45. The molecule has 1 saturated carbocycles. The number of carboxylic acids is 1. The second kappa shape index (κ2) is 19.5. The van der Waals surface area contributed by atoms with E-state index in [1.54, 1.807) is 13.2 Å². The molecule has 1 amide bonds. The van der Waals surface area contributed by atoms with Crippen molar-refractivity contribution < 1.29 is 43.5 Å². The molecule has 3 aliphatic heterocycles. The molecular formula is C30H52ClF2N3O7S2. The fraction of sp³-hybridized carbons (Fsp3) is 0.933. The SMILES string of the molecule is CSC1OC(C(NC(=O)C2NCC2CCCC2CCC2)C(C)Cl)C(O)C(O)C1O.O=C(O)C1CC(CCCSC(F)F)CCN1. The van der Waals surface area contributed by atoms with Crippen LogP contribution in [0.15, 0.2) is 0 Å². The number of hydrogen-bond donors (Lipinski definition) is 7. The molecule has 3 saturated heterocycles. The Labute approximate surface area is 278 Å². The summed E-state index contributed by atoms with van der Waals surface area (Å²) < 4.78 is 29.5. The first-order chi connectivity index (χ1) is 21.4. The van der Waals surface area contributed by atoms with E-state index in [9.17, 15) is 33.7 Å². The third-order valence-electron chi connectivity index (χ3n) is 9.57. The maximum absolute atomic E-state index is 12.9. The largest absolute Gasteiger partial charge is 0.480 e. The number of amides is 1. The van der Waals surface area contributed by atoms with Crippen LogP contribution in [0.1, 0.15) is 71.1 Å². The van der Waals surface area contributed by atoms with Gasteiger partial charge in [-0.2, -0.15) is 8.78 Å². The summed E-state index contributed by atoms with van der Waals surface area (Å²) in [5.41, 5.74) is -0.700. The molecule has 45 heavy (non-hydrogen) atoms. The summed E-state index contributed by atoms with van der Waals surface area (Å²) in [7, 11) is 0. The van der Waals surface area contributed by atoms with Crippen LogP contribution in [-0.2, 0) is 14.3 Å². The van der Waals surface area contributed by atoms with Crippen molar-refractivity contribution in [2.24, 2.45) is 17.8 Å². The predicted octanol–water partition coefficient (Wildman–Crippen LogP) is 3.00. The highest BCUT2D eigenvalue weighted by Gasteiger charge is 2.48. The van der Waals surface area contributed by atoms with Crippen molar-refractivity contribution in [3.05, 3.63) is 0 Å². The van der Waals surface area contributed by atoms with Crippen LogP contribution in [0.4, 0.5) is 8.78 Å². The predicted molar refractivity (Wildman–Crippen MR) is 174 cm³/mol. The zero-order chi connectivity index (χ0) is 33.1. The van der Waals surface area contributed by atoms with Gasteiger partial charge in [-0.15, -0.1) is 23.4 Å². The third kappa shape index (κ3) is 11.9. The number of alkyl halides is 3. The number of hydrogen-bond acceptors (Lipinski definition) is 10. The Hall–Kier alpha value is -0.450. The van der Waals surface area contributed by atoms with E-state index < -0.39 is 59.0 Å². The first-order valence-corrected chi connectivity index (χ1v) is 19.0. The summed E-state index contributed by atoms with van der Waals surface area (Å²) in [6, 6.07) is -1.41. The normalized spacial score (nSPS) is 34.9. The Morgan fingerprint density at radius 3 is 2.29 bits per heavy atom. The smallest absolute Gasteiger partial charge is 0.320 e. The number of carbonyl (C=O) groups is 2. The van der Waals surface area contributed by atoms with Gasteiger partial charge < -0.3 is 41.1 Å². The lowest BCUT2D eigenvalue weighted by molar-refractivity contribution is -0.205. The summed E-state index contributed by atoms with van der Waals surface area (Å²) in [4.78, 5) is 23.6. The minimum atomic E-state index is -2.29. The average molecular weight is 704 g/mol. The van der Waals surface area contributed by atoms with Crippen LogP contribution >= 0.6 is 35.1 Å². The van der Waals surface area contributed by atoms with Crippen LogP contribution < -0.4 is 16.0 Å². The summed E-state index contributed by atoms with van der Waals surface area (Å²) in [6.07, 6.45) is 7.61. The Morgan fingerprint density at radius 1 is 1.02 bits per heavy atom. The average Bonchev–Trinajstić information content (AvgIpc) is 2.96. The van der Waals surface area contributed by atoms with E-state index in [4.69, 9.17) is 21.4 Å². The minimum absolute atomic E-state index is 0.153. The van der Waals surface area contributed by atoms with Gasteiger partial charge in [0.05, 0.1) is 17.5 Å². The second-order valence-corrected chi connectivity index (χ2v) is 15.5. The first kappa shape index (κ1) is 39.0. The van der Waals surface area contributed by atoms with Gasteiger partial charge in [0.25, 0.3) is 5.76 Å². The zero-order valence-corrected chi connectivity index (χ0v) is 28.6. The molecule has 0 bridgehead atoms. The number of aliphatic hydroxyl groups excluding tert-OH is 3. The quantitative estimate of drug-likeness (QED) is 0.0993. The molecule has 3 heterocycles. The topological polar surface area (TPSA) is 160 Å². The van der Waals surface area contributed by atoms with Gasteiger partial charge in [-0.1, -0.05) is 43.9 Å². The van der Waals surface area contributed by atoms with Crippen molar-refractivity contribution in [1.29, 1.82) is 0 Å². The third-order valence-corrected chi connectivity index (χ3v) is 11.5. The minimum Gasteiger partial charge on any atom is -0.480 e. The molecule has 11 unspecified atom stereocenters. The second-order valence-electron chi connectivity index (χ2n) is 12.8. The highest BCUT2D eigenvalue weighted by molar-refractivity contribution is 7.99. The molecule has 0 spiro atoms. The number of rotatable bonds is 15. The molecule has 0 aromatic heterocycles. The number of piperidine rings is 1. The standard InChI is InChI=1S/C20H35ClN2O5S.C10H17F2NO2S/c1-10(21)13(18-16(25)15(24)17(26)20(28-18)29-2)23-19(27)14-12(9-22-14)8-4-7-11-5-3-6-11;11-10(12)16-5-1-2-7-3-4-13-8(6-7)9(14)15/h10-18,20,22,24-26H,3-9H2,1-2H3,(H,23,27);7-8,10,13H,1-6H2,(H,14,15). The van der Waals surface area contributed by atoms with Gasteiger partial charge in [-0.3, -0.25) is 9.59 Å². The maximum Gasteiger partial charge on any atom is 0.320 e. The molecule has 0 radical (unpaired) electrons. The summed E-state index contributed by atoms with van der Waals surface area (Å²) >= 11 is 8.23. The van der Waals surface area contributed by atoms with Crippen LogP contribution in [0, 0.1) is 17.8 Å². The van der Waals surface area contributed by atoms with Gasteiger partial charge in [0.2, 0.25) is 5.91 Å². The van der Waals surface area contributed by atoms with Crippen molar-refractivity contribution in [1.82, 2.24) is 16.0 Å². The van der Waals surface area contributed by atoms with Crippen LogP contribution in [0.2, 0.25) is 0 Å². The first-order valence-electron chi connectivity index (χ1n) is 16.2. The van der Waals surface area contributed by atoms with Crippen LogP contribution in [0.5, 0.6) is 0 Å². The highest BCUT2D eigenvalue weighted by atomic mass is 35.5. The molecule has 0 aromatic rings. The van der Waals surface area contributed by atoms with Gasteiger partial charge in [-0.25, -0.2) is 0 Å². The van der Waals surface area contributed by atoms with E-state index in [1.165, 1.54) is 37.4 Å². The highest BCUT2D eigenvalue weighted by Crippen LogP contribution is 2.33. The zero-order valence-electron chi connectivity index (χ0n) is 26.2. The summed E-state index contributed by atoms with van der Waals surface area (Å²) in [5, 5.41) is 48.1. The van der Waals surface area contributed by atoms with Crippen LogP contribution in [0.25, 0.3) is 0 Å². The number of nitrogens with one attached hydrogen (secondary N) is 3. The molecule has 4 fully saturated rings. The Morgan fingerprint density at radius 2 is 1.73 bits per heavy atom. The van der Waals surface area contributed by atoms with Crippen molar-refractivity contribution in [2.45, 2.75) is 130 Å². The number of aliphatic hydroxyl groups is 3. The van der Waals surface area contributed by atoms with E-state index in [-0.39, 0.29) is 11.9 Å². The molecule has 7 N–H and O–H groups in total. The fourth-order valence-electron chi connectivity index (χ4n) is 6.50. The number of aliphatic carboxylic acids is 1. The molecule has 10 nitrogen and oxygen atoms in total. The van der Waals surface area contributed by atoms with Gasteiger partial charge in [0.1, 0.15) is 35.9 Å². The van der Waals surface area contributed by atoms with Crippen molar-refractivity contribution in [3.63, 3.8) is 0 Å². The molecule has 4 rings (SSSR count). The fourth-order valence-corrected chi connectivity index (χ4v) is 7.89. The number of ether oxygens (including phenoxy) is 1. The molecular weight excluding hydrogens is 652 g/mol. The van der Waals surface area contributed by atoms with Crippen LogP contribution in [-0.4, -0.2) is 117 Å². The van der Waals surface area contributed by atoms with Gasteiger partial charge in [0.15, 0.2) is 0 Å². The molecule has 262 valence electrons. The van der Waals surface area contributed by atoms with Crippen molar-refractivity contribution >= 4 is 47.0 Å². The van der Waals surface area contributed by atoms with Crippen LogP contribution in [0.3, 0.4) is 0 Å². The lowest BCUT2D eigenvalue weighted by atomic mass is 9.79. The van der Waals surface area contributed by atoms with E-state index in [0.717, 1.165) is 44.6 Å². The summed E-state index contributed by atoms with van der Waals surface area (Å²) in [5.74, 6) is -1.25. The monoisotopic (exact) mass is 703 g/mol. The Balaban J connectivity index is 0.000000292. The van der Waals surface area contributed by atoms with Gasteiger partial charge in [0, 0.05) is 6.54 Å². The van der Waals surface area contributed by atoms with Gasteiger partial charge >= 0.3 is 5.97 Å². The van der Waals surface area contributed by atoms with E-state index in [1.807, 2.05) is 0 Å². The van der Waals surface area contributed by atoms with E-state index in [0.29, 0.717) is 42.3 Å².